The fourth-order valence-corrected chi connectivity index (χ4v) is 2.80. The highest BCUT2D eigenvalue weighted by Gasteiger charge is 2.33. The molecule has 0 saturated heterocycles. The summed E-state index contributed by atoms with van der Waals surface area (Å²) in [5.41, 5.74) is 0.164. The topological polar surface area (TPSA) is 32.3 Å². The molecule has 2 rings (SSSR count). The molecule has 0 aliphatic heterocycles. The maximum atomic E-state index is 13.0. The predicted octanol–water partition coefficient (Wildman–Crippen LogP) is 4.38. The number of halogens is 4. The molecular weight excluding hydrogens is 432 g/mol. The Bertz CT molecular complexity index is 719. The Hall–Kier alpha value is -1.61. The molecule has 0 atom stereocenters. The minimum Gasteiger partial charge on any atom is -0.324 e. The minimum absolute atomic E-state index is 0.00281. The molecule has 0 aromatic heterocycles. The van der Waals surface area contributed by atoms with Gasteiger partial charge in [-0.3, -0.25) is 9.69 Å². The van der Waals surface area contributed by atoms with Crippen molar-refractivity contribution in [2.75, 3.05) is 18.9 Å². The van der Waals surface area contributed by atoms with Gasteiger partial charge in [0.05, 0.1) is 17.8 Å². The SMILES string of the molecule is CN(CC(=O)Nc1ccccc1I)Cc1ccccc1C(F)(F)F. The van der Waals surface area contributed by atoms with Crippen LogP contribution in [-0.2, 0) is 17.5 Å². The fourth-order valence-electron chi connectivity index (χ4n) is 2.28. The van der Waals surface area contributed by atoms with E-state index in [0.717, 1.165) is 9.64 Å². The summed E-state index contributed by atoms with van der Waals surface area (Å²) >= 11 is 2.11. The lowest BCUT2D eigenvalue weighted by Crippen LogP contribution is -2.30. The second kappa shape index (κ2) is 7.98. The third-order valence-corrected chi connectivity index (χ3v) is 4.27. The summed E-state index contributed by atoms with van der Waals surface area (Å²) in [5, 5.41) is 2.76. The van der Waals surface area contributed by atoms with E-state index >= 15 is 0 Å². The first kappa shape index (κ1) is 18.7. The van der Waals surface area contributed by atoms with Crippen molar-refractivity contribution in [2.45, 2.75) is 12.7 Å². The van der Waals surface area contributed by atoms with Crippen LogP contribution in [0.1, 0.15) is 11.1 Å². The second-order valence-electron chi connectivity index (χ2n) is 5.36. The lowest BCUT2D eigenvalue weighted by molar-refractivity contribution is -0.138. The Morgan fingerprint density at radius 2 is 1.75 bits per heavy atom. The van der Waals surface area contributed by atoms with E-state index in [4.69, 9.17) is 0 Å². The Morgan fingerprint density at radius 1 is 1.12 bits per heavy atom. The number of nitrogens with one attached hydrogen (secondary N) is 1. The molecule has 0 spiro atoms. The van der Waals surface area contributed by atoms with Crippen LogP contribution in [0.3, 0.4) is 0 Å². The normalized spacial score (nSPS) is 11.6. The first-order valence-corrected chi connectivity index (χ1v) is 8.23. The number of rotatable bonds is 5. The van der Waals surface area contributed by atoms with Gasteiger partial charge >= 0.3 is 6.18 Å². The van der Waals surface area contributed by atoms with Gasteiger partial charge in [-0.15, -0.1) is 0 Å². The van der Waals surface area contributed by atoms with Gasteiger partial charge in [0, 0.05) is 10.1 Å². The molecule has 0 radical (unpaired) electrons. The smallest absolute Gasteiger partial charge is 0.324 e. The van der Waals surface area contributed by atoms with Crippen LogP contribution in [0.2, 0.25) is 0 Å². The lowest BCUT2D eigenvalue weighted by atomic mass is 10.1. The first-order valence-electron chi connectivity index (χ1n) is 7.15. The summed E-state index contributed by atoms with van der Waals surface area (Å²) in [6, 6.07) is 12.7. The maximum absolute atomic E-state index is 13.0. The lowest BCUT2D eigenvalue weighted by Gasteiger charge is -2.19. The van der Waals surface area contributed by atoms with E-state index < -0.39 is 11.7 Å². The highest BCUT2D eigenvalue weighted by Crippen LogP contribution is 2.32. The Morgan fingerprint density at radius 3 is 2.42 bits per heavy atom. The van der Waals surface area contributed by atoms with Gasteiger partial charge in [-0.25, -0.2) is 0 Å². The number of alkyl halides is 3. The van der Waals surface area contributed by atoms with Gasteiger partial charge in [0.15, 0.2) is 0 Å². The maximum Gasteiger partial charge on any atom is 0.416 e. The van der Waals surface area contributed by atoms with Crippen molar-refractivity contribution >= 4 is 34.2 Å². The molecular formula is C17H16F3IN2O. The van der Waals surface area contributed by atoms with Gasteiger partial charge in [-0.2, -0.15) is 13.2 Å². The second-order valence-corrected chi connectivity index (χ2v) is 6.52. The highest BCUT2D eigenvalue weighted by molar-refractivity contribution is 14.1. The number of carbonyl (C=O) groups excluding carboxylic acids is 1. The van der Waals surface area contributed by atoms with Crippen molar-refractivity contribution in [3.8, 4) is 0 Å². The van der Waals surface area contributed by atoms with Crippen LogP contribution in [0.15, 0.2) is 48.5 Å². The molecule has 0 heterocycles. The standard InChI is InChI=1S/C17H16F3IN2O/c1-23(10-12-6-2-3-7-13(12)17(18,19)20)11-16(24)22-15-9-5-4-8-14(15)21/h2-9H,10-11H2,1H3,(H,22,24). The average molecular weight is 448 g/mol. The Balaban J connectivity index is 2.00. The van der Waals surface area contributed by atoms with E-state index in [1.54, 1.807) is 30.1 Å². The third-order valence-electron chi connectivity index (χ3n) is 3.32. The van der Waals surface area contributed by atoms with Crippen LogP contribution in [0.25, 0.3) is 0 Å². The molecule has 0 unspecified atom stereocenters. The van der Waals surface area contributed by atoms with Gasteiger partial charge in [0.1, 0.15) is 0 Å². The van der Waals surface area contributed by atoms with Crippen molar-refractivity contribution < 1.29 is 18.0 Å². The van der Waals surface area contributed by atoms with E-state index in [9.17, 15) is 18.0 Å². The summed E-state index contributed by atoms with van der Waals surface area (Å²) < 4.78 is 39.9. The highest BCUT2D eigenvalue weighted by atomic mass is 127. The van der Waals surface area contributed by atoms with E-state index in [2.05, 4.69) is 27.9 Å². The predicted molar refractivity (Wildman–Crippen MR) is 95.6 cm³/mol. The zero-order valence-corrected chi connectivity index (χ0v) is 15.1. The number of anilines is 1. The average Bonchev–Trinajstić information content (AvgIpc) is 2.49. The van der Waals surface area contributed by atoms with Crippen LogP contribution >= 0.6 is 22.6 Å². The minimum atomic E-state index is -4.40. The number of benzene rings is 2. The summed E-state index contributed by atoms with van der Waals surface area (Å²) in [5.74, 6) is -0.272. The van der Waals surface area contributed by atoms with Crippen molar-refractivity contribution in [1.82, 2.24) is 4.90 Å². The number of carbonyl (C=O) groups is 1. The van der Waals surface area contributed by atoms with Gasteiger partial charge in [0.2, 0.25) is 5.91 Å². The van der Waals surface area contributed by atoms with Gasteiger partial charge in [-0.1, -0.05) is 30.3 Å². The monoisotopic (exact) mass is 448 g/mol. The van der Waals surface area contributed by atoms with Crippen molar-refractivity contribution in [2.24, 2.45) is 0 Å². The van der Waals surface area contributed by atoms with Crippen molar-refractivity contribution in [1.29, 1.82) is 0 Å². The number of amides is 1. The Kier molecular flexibility index (Phi) is 6.22. The molecule has 1 N–H and O–H groups in total. The molecule has 2 aromatic rings. The molecule has 128 valence electrons. The van der Waals surface area contributed by atoms with Crippen molar-refractivity contribution in [3.05, 3.63) is 63.2 Å². The number of para-hydroxylation sites is 1. The van der Waals surface area contributed by atoms with Gasteiger partial charge in [0.25, 0.3) is 0 Å². The first-order chi connectivity index (χ1) is 11.3. The molecule has 0 aliphatic rings. The number of hydrogen-bond acceptors (Lipinski definition) is 2. The number of hydrogen-bond donors (Lipinski definition) is 1. The van der Waals surface area contributed by atoms with Crippen LogP contribution in [0, 0.1) is 3.57 Å². The fraction of sp³-hybridized carbons (Fsp3) is 0.235. The molecule has 3 nitrogen and oxygen atoms in total. The quantitative estimate of drug-likeness (QED) is 0.689. The summed E-state index contributed by atoms with van der Waals surface area (Å²) in [6.45, 7) is 0.0339. The van der Waals surface area contributed by atoms with E-state index in [1.165, 1.54) is 12.1 Å². The van der Waals surface area contributed by atoms with E-state index in [1.807, 2.05) is 12.1 Å². The largest absolute Gasteiger partial charge is 0.416 e. The molecule has 1 amide bonds. The molecule has 0 bridgehead atoms. The number of nitrogens with zero attached hydrogens (tertiary/aromatic N) is 1. The van der Waals surface area contributed by atoms with Crippen LogP contribution in [-0.4, -0.2) is 24.4 Å². The molecule has 0 saturated carbocycles. The van der Waals surface area contributed by atoms with Gasteiger partial charge in [-0.05, 0) is 53.4 Å². The Labute approximate surface area is 152 Å². The zero-order valence-electron chi connectivity index (χ0n) is 12.9. The molecule has 7 heteroatoms. The van der Waals surface area contributed by atoms with E-state index in [-0.39, 0.29) is 24.6 Å². The molecule has 0 aliphatic carbocycles. The van der Waals surface area contributed by atoms with Crippen LogP contribution in [0.5, 0.6) is 0 Å². The summed E-state index contributed by atoms with van der Waals surface area (Å²) in [6.07, 6.45) is -4.40. The number of likely N-dealkylation sites (N-methyl/N-ethyl adjacent to an activating group) is 1. The summed E-state index contributed by atoms with van der Waals surface area (Å²) in [4.78, 5) is 13.6. The molecule has 2 aromatic carbocycles. The molecule has 0 fully saturated rings. The van der Waals surface area contributed by atoms with Crippen LogP contribution < -0.4 is 5.32 Å². The zero-order chi connectivity index (χ0) is 17.7. The summed E-state index contributed by atoms with van der Waals surface area (Å²) in [7, 11) is 1.61. The van der Waals surface area contributed by atoms with Crippen LogP contribution in [0.4, 0.5) is 18.9 Å². The third kappa shape index (κ3) is 5.20. The molecule has 24 heavy (non-hydrogen) atoms. The van der Waals surface area contributed by atoms with E-state index in [0.29, 0.717) is 5.69 Å². The van der Waals surface area contributed by atoms with Crippen molar-refractivity contribution in [3.63, 3.8) is 0 Å². The van der Waals surface area contributed by atoms with Gasteiger partial charge < -0.3 is 5.32 Å².